The lowest BCUT2D eigenvalue weighted by atomic mass is 9.77. The molecular formula is C24H34N2O3. The number of amides is 1. The van der Waals surface area contributed by atoms with E-state index in [9.17, 15) is 9.59 Å². The highest BCUT2D eigenvalue weighted by Gasteiger charge is 2.35. The van der Waals surface area contributed by atoms with Gasteiger partial charge in [-0.05, 0) is 38.2 Å². The number of nitrogens with one attached hydrogen (secondary N) is 2. The van der Waals surface area contributed by atoms with Gasteiger partial charge in [0.1, 0.15) is 0 Å². The average Bonchev–Trinajstić information content (AvgIpc) is 2.71. The lowest BCUT2D eigenvalue weighted by Gasteiger charge is -2.31. The van der Waals surface area contributed by atoms with Crippen LogP contribution in [-0.2, 0) is 20.9 Å². The molecule has 0 aliphatic heterocycles. The van der Waals surface area contributed by atoms with E-state index in [0.717, 1.165) is 44.1 Å². The minimum atomic E-state index is -0.442. The van der Waals surface area contributed by atoms with Gasteiger partial charge in [0.05, 0.1) is 19.1 Å². The fourth-order valence-corrected chi connectivity index (χ4v) is 3.71. The zero-order chi connectivity index (χ0) is 21.0. The summed E-state index contributed by atoms with van der Waals surface area (Å²) in [7, 11) is 1.45. The van der Waals surface area contributed by atoms with E-state index >= 15 is 0 Å². The molecule has 5 heteroatoms. The second-order valence-electron chi connectivity index (χ2n) is 7.96. The van der Waals surface area contributed by atoms with Gasteiger partial charge < -0.3 is 15.4 Å². The van der Waals surface area contributed by atoms with E-state index in [1.165, 1.54) is 7.11 Å². The molecule has 2 N–H and O–H groups in total. The van der Waals surface area contributed by atoms with Gasteiger partial charge in [-0.3, -0.25) is 9.59 Å². The van der Waals surface area contributed by atoms with Crippen LogP contribution in [0.4, 0.5) is 0 Å². The maximum Gasteiger partial charge on any atom is 0.311 e. The van der Waals surface area contributed by atoms with Crippen molar-refractivity contribution in [3.05, 3.63) is 60.2 Å². The van der Waals surface area contributed by atoms with Gasteiger partial charge in [-0.15, -0.1) is 0 Å². The fourth-order valence-electron chi connectivity index (χ4n) is 3.71. The Bertz CT molecular complexity index is 696. The number of esters is 1. The predicted octanol–water partition coefficient (Wildman–Crippen LogP) is 3.92. The molecule has 1 fully saturated rings. The smallest absolute Gasteiger partial charge is 0.311 e. The molecule has 0 aromatic heterocycles. The Labute approximate surface area is 174 Å². The lowest BCUT2D eigenvalue weighted by molar-refractivity contribution is -0.153. The molecular weight excluding hydrogens is 364 g/mol. The van der Waals surface area contributed by atoms with Crippen LogP contribution in [0.15, 0.2) is 54.6 Å². The minimum absolute atomic E-state index is 0.00170. The largest absolute Gasteiger partial charge is 0.469 e. The summed E-state index contributed by atoms with van der Waals surface area (Å²) in [6.07, 6.45) is 5.34. The maximum absolute atomic E-state index is 12.4. The highest BCUT2D eigenvalue weighted by atomic mass is 16.5. The maximum atomic E-state index is 12.4. The first kappa shape index (κ1) is 22.9. The van der Waals surface area contributed by atoms with Crippen LogP contribution in [0.5, 0.6) is 0 Å². The summed E-state index contributed by atoms with van der Waals surface area (Å²) in [4.78, 5) is 24.5. The fraction of sp³-hybridized carbons (Fsp3) is 0.500. The topological polar surface area (TPSA) is 67.4 Å². The zero-order valence-corrected chi connectivity index (χ0v) is 17.7. The van der Waals surface area contributed by atoms with Gasteiger partial charge >= 0.3 is 5.97 Å². The highest BCUT2D eigenvalue weighted by molar-refractivity contribution is 5.78. The van der Waals surface area contributed by atoms with E-state index in [4.69, 9.17) is 4.74 Å². The Balaban J connectivity index is 1.82. The standard InChI is InChI=1S/C24H34N2O3/c1-24(23(28)29-2)16-11-10-14-21(15-17-24)26-22(27)19-25-18-20-12-8-6-4-3-5-7-9-13-20/h3-9,12-13,21,25H,10-11,14-19H2,1-2H3,(H,26,27). The number of methoxy groups -OCH3 is 1. The molecule has 0 spiro atoms. The Kier molecular flexibility index (Phi) is 9.65. The number of carbonyl (C=O) groups is 2. The molecule has 2 unspecified atom stereocenters. The third-order valence-corrected chi connectivity index (χ3v) is 5.52. The van der Waals surface area contributed by atoms with Gasteiger partial charge in [0.2, 0.25) is 5.91 Å². The number of hydrogen-bond donors (Lipinski definition) is 2. The first-order valence-electron chi connectivity index (χ1n) is 10.5. The van der Waals surface area contributed by atoms with Crippen LogP contribution < -0.4 is 10.6 Å². The van der Waals surface area contributed by atoms with E-state index in [-0.39, 0.29) is 24.5 Å². The summed E-state index contributed by atoms with van der Waals surface area (Å²) in [6, 6.07) is 18.1. The van der Waals surface area contributed by atoms with Crippen LogP contribution in [-0.4, -0.2) is 31.6 Å². The van der Waals surface area contributed by atoms with Crippen LogP contribution in [0.1, 0.15) is 51.0 Å². The average molecular weight is 399 g/mol. The van der Waals surface area contributed by atoms with Gasteiger partial charge in [0, 0.05) is 12.6 Å². The number of hydrogen-bond acceptors (Lipinski definition) is 4. The van der Waals surface area contributed by atoms with Crippen LogP contribution in [0.2, 0.25) is 0 Å². The number of ether oxygens (including phenoxy) is 1. The molecule has 0 heterocycles. The van der Waals surface area contributed by atoms with Crippen molar-refractivity contribution in [2.75, 3.05) is 13.7 Å². The van der Waals surface area contributed by atoms with Crippen LogP contribution in [0.25, 0.3) is 0 Å². The summed E-state index contributed by atoms with van der Waals surface area (Å²) in [6.45, 7) is 2.87. The Morgan fingerprint density at radius 1 is 1.00 bits per heavy atom. The minimum Gasteiger partial charge on any atom is -0.469 e. The molecule has 5 nitrogen and oxygen atoms in total. The van der Waals surface area contributed by atoms with Crippen molar-refractivity contribution in [3.63, 3.8) is 0 Å². The molecule has 1 amide bonds. The van der Waals surface area contributed by atoms with Gasteiger partial charge in [0.25, 0.3) is 0 Å². The third kappa shape index (κ3) is 8.24. The molecule has 0 radical (unpaired) electrons. The Hall–Kier alpha value is -2.40. The molecule has 158 valence electrons. The van der Waals surface area contributed by atoms with Crippen molar-refractivity contribution < 1.29 is 14.3 Å². The SMILES string of the molecule is COC(=O)C1(C)CCCCC(NC(=O)CNCc2ccccccccc2)CC1. The number of carbonyl (C=O) groups excluding carboxylic acids is 2. The summed E-state index contributed by atoms with van der Waals surface area (Å²) in [5.41, 5.74) is 0.663. The molecule has 0 bridgehead atoms. The predicted molar refractivity (Wildman–Crippen MR) is 116 cm³/mol. The molecule has 2 atom stereocenters. The van der Waals surface area contributed by atoms with E-state index in [1.54, 1.807) is 0 Å². The summed E-state index contributed by atoms with van der Waals surface area (Å²) < 4.78 is 4.99. The molecule has 1 aromatic carbocycles. The van der Waals surface area contributed by atoms with Crippen LogP contribution in [0, 0.1) is 5.41 Å². The van der Waals surface area contributed by atoms with Crippen molar-refractivity contribution >= 4 is 11.9 Å². The second-order valence-corrected chi connectivity index (χ2v) is 7.96. The van der Waals surface area contributed by atoms with Crippen molar-refractivity contribution in [3.8, 4) is 0 Å². The molecule has 0 saturated heterocycles. The van der Waals surface area contributed by atoms with Gasteiger partial charge in [0.15, 0.2) is 0 Å². The van der Waals surface area contributed by atoms with E-state index in [2.05, 4.69) is 10.6 Å². The zero-order valence-electron chi connectivity index (χ0n) is 17.7. The monoisotopic (exact) mass is 398 g/mol. The van der Waals surface area contributed by atoms with Crippen molar-refractivity contribution in [2.45, 2.75) is 58.0 Å². The summed E-state index contributed by atoms with van der Waals surface area (Å²) >= 11 is 0. The molecule has 2 rings (SSSR count). The first-order chi connectivity index (χ1) is 14.0. The molecule has 1 aromatic rings. The Morgan fingerprint density at radius 3 is 2.31 bits per heavy atom. The highest BCUT2D eigenvalue weighted by Crippen LogP contribution is 2.34. The Morgan fingerprint density at radius 2 is 1.66 bits per heavy atom. The van der Waals surface area contributed by atoms with Gasteiger partial charge in [-0.1, -0.05) is 67.4 Å². The van der Waals surface area contributed by atoms with Gasteiger partial charge in [-0.25, -0.2) is 0 Å². The van der Waals surface area contributed by atoms with E-state index < -0.39 is 5.41 Å². The molecule has 1 saturated carbocycles. The molecule has 1 aliphatic carbocycles. The summed E-state index contributed by atoms with van der Waals surface area (Å²) in [5, 5.41) is 6.35. The quantitative estimate of drug-likeness (QED) is 0.713. The normalized spacial score (nSPS) is 21.8. The van der Waals surface area contributed by atoms with Crippen molar-refractivity contribution in [1.82, 2.24) is 10.6 Å². The van der Waals surface area contributed by atoms with Crippen LogP contribution >= 0.6 is 0 Å². The molecule has 29 heavy (non-hydrogen) atoms. The van der Waals surface area contributed by atoms with E-state index in [0.29, 0.717) is 6.54 Å². The van der Waals surface area contributed by atoms with Crippen molar-refractivity contribution in [2.24, 2.45) is 5.41 Å². The summed E-state index contributed by atoms with van der Waals surface area (Å²) in [5.74, 6) is -0.143. The number of rotatable bonds is 6. The van der Waals surface area contributed by atoms with E-state index in [1.807, 2.05) is 61.5 Å². The van der Waals surface area contributed by atoms with Crippen molar-refractivity contribution in [1.29, 1.82) is 0 Å². The third-order valence-electron chi connectivity index (χ3n) is 5.52. The lowest BCUT2D eigenvalue weighted by Crippen LogP contribution is -2.42. The molecule has 1 aliphatic rings. The van der Waals surface area contributed by atoms with Gasteiger partial charge in [-0.2, -0.15) is 0 Å². The first-order valence-corrected chi connectivity index (χ1v) is 10.5. The van der Waals surface area contributed by atoms with Crippen LogP contribution in [0.3, 0.4) is 0 Å². The second kappa shape index (κ2) is 12.2.